The highest BCUT2D eigenvalue weighted by Gasteiger charge is 2.15. The fourth-order valence-electron chi connectivity index (χ4n) is 1.75. The summed E-state index contributed by atoms with van der Waals surface area (Å²) in [6, 6.07) is 7.05. The van der Waals surface area contributed by atoms with Gasteiger partial charge in [-0.2, -0.15) is 0 Å². The lowest BCUT2D eigenvalue weighted by atomic mass is 10.0. The summed E-state index contributed by atoms with van der Waals surface area (Å²) in [4.78, 5) is 10.8. The van der Waals surface area contributed by atoms with Gasteiger partial charge in [0.2, 0.25) is 0 Å². The smallest absolute Gasteiger partial charge is 0.154 e. The van der Waals surface area contributed by atoms with Crippen molar-refractivity contribution in [2.24, 2.45) is 0 Å². The molecule has 0 spiro atoms. The zero-order chi connectivity index (χ0) is 14.0. The second-order valence-corrected chi connectivity index (χ2v) is 4.74. The maximum Gasteiger partial charge on any atom is 0.154 e. The Morgan fingerprint density at radius 3 is 2.42 bits per heavy atom. The van der Waals surface area contributed by atoms with Crippen molar-refractivity contribution < 1.29 is 13.6 Å². The lowest BCUT2D eigenvalue weighted by molar-refractivity contribution is 0.112. The van der Waals surface area contributed by atoms with E-state index in [1.807, 2.05) is 0 Å². The molecule has 0 aromatic heterocycles. The zero-order valence-electron chi connectivity index (χ0n) is 9.59. The van der Waals surface area contributed by atoms with Crippen LogP contribution in [0.3, 0.4) is 0 Å². The zero-order valence-corrected chi connectivity index (χ0v) is 11.1. The molecule has 19 heavy (non-hydrogen) atoms. The van der Waals surface area contributed by atoms with Gasteiger partial charge in [0.05, 0.1) is 10.6 Å². The Labute approximate surface area is 118 Å². The second-order valence-electron chi connectivity index (χ2n) is 3.93. The molecule has 0 N–H and O–H groups in total. The molecule has 0 fully saturated rings. The van der Waals surface area contributed by atoms with Crippen LogP contribution in [0, 0.1) is 11.6 Å². The van der Waals surface area contributed by atoms with Gasteiger partial charge in [-0.25, -0.2) is 8.78 Å². The van der Waals surface area contributed by atoms with Crippen molar-refractivity contribution in [1.29, 1.82) is 0 Å². The van der Waals surface area contributed by atoms with Gasteiger partial charge in [0, 0.05) is 17.0 Å². The molecular formula is C14H8Cl2F2O. The third-order valence-electron chi connectivity index (χ3n) is 2.75. The van der Waals surface area contributed by atoms with Crippen molar-refractivity contribution in [2.45, 2.75) is 6.42 Å². The van der Waals surface area contributed by atoms with Gasteiger partial charge in [-0.3, -0.25) is 4.79 Å². The van der Waals surface area contributed by atoms with Gasteiger partial charge >= 0.3 is 0 Å². The van der Waals surface area contributed by atoms with Gasteiger partial charge in [-0.15, -0.1) is 0 Å². The minimum atomic E-state index is -0.748. The molecule has 0 saturated carbocycles. The molecule has 0 radical (unpaired) electrons. The molecule has 0 aliphatic heterocycles. The Hall–Kier alpha value is -1.45. The van der Waals surface area contributed by atoms with Crippen LogP contribution in [0.2, 0.25) is 10.0 Å². The molecule has 2 aromatic carbocycles. The van der Waals surface area contributed by atoms with E-state index in [1.165, 1.54) is 30.3 Å². The minimum Gasteiger partial charge on any atom is -0.298 e. The number of carbonyl (C=O) groups is 1. The number of carbonyl (C=O) groups excluding carboxylic acids is 1. The summed E-state index contributed by atoms with van der Waals surface area (Å²) in [6.45, 7) is 0. The number of halogens is 4. The average Bonchev–Trinajstić information content (AvgIpc) is 2.37. The molecule has 2 rings (SSSR count). The van der Waals surface area contributed by atoms with Crippen LogP contribution in [0.4, 0.5) is 8.78 Å². The van der Waals surface area contributed by atoms with Crippen LogP contribution in [0.1, 0.15) is 21.5 Å². The molecule has 0 atom stereocenters. The SMILES string of the molecule is O=Cc1c(Cl)ccc(Cc2c(F)cccc2Cl)c1F. The molecule has 1 nitrogen and oxygen atoms in total. The second kappa shape index (κ2) is 5.68. The summed E-state index contributed by atoms with van der Waals surface area (Å²) < 4.78 is 27.6. The van der Waals surface area contributed by atoms with E-state index < -0.39 is 11.6 Å². The van der Waals surface area contributed by atoms with Crippen LogP contribution in [0.5, 0.6) is 0 Å². The lowest BCUT2D eigenvalue weighted by Gasteiger charge is -2.09. The van der Waals surface area contributed by atoms with Gasteiger partial charge in [0.25, 0.3) is 0 Å². The maximum atomic E-state index is 14.0. The first-order chi connectivity index (χ1) is 9.04. The Kier molecular flexibility index (Phi) is 4.17. The minimum absolute atomic E-state index is 0.0240. The Bertz CT molecular complexity index is 621. The fraction of sp³-hybridized carbons (Fsp3) is 0.0714. The van der Waals surface area contributed by atoms with Crippen molar-refractivity contribution in [3.8, 4) is 0 Å². The first kappa shape index (κ1) is 14.0. The summed E-state index contributed by atoms with van der Waals surface area (Å²) in [6.07, 6.45) is 0.291. The average molecular weight is 301 g/mol. The van der Waals surface area contributed by atoms with Crippen molar-refractivity contribution in [3.05, 3.63) is 68.7 Å². The predicted octanol–water partition coefficient (Wildman–Crippen LogP) is 4.67. The van der Waals surface area contributed by atoms with Crippen LogP contribution in [-0.2, 0) is 6.42 Å². The monoisotopic (exact) mass is 300 g/mol. The number of aldehydes is 1. The Balaban J connectivity index is 2.47. The molecule has 0 saturated heterocycles. The molecular weight excluding hydrogens is 293 g/mol. The van der Waals surface area contributed by atoms with Gasteiger partial charge < -0.3 is 0 Å². The third kappa shape index (κ3) is 2.77. The standard InChI is InChI=1S/C14H8Cl2F2O/c15-11-2-1-3-13(17)9(11)6-8-4-5-12(16)10(7-19)14(8)18/h1-5,7H,6H2. The molecule has 0 amide bonds. The number of rotatable bonds is 3. The third-order valence-corrected chi connectivity index (χ3v) is 3.44. The van der Waals surface area contributed by atoms with E-state index >= 15 is 0 Å². The van der Waals surface area contributed by atoms with Gasteiger partial charge in [0.1, 0.15) is 11.6 Å². The summed E-state index contributed by atoms with van der Waals surface area (Å²) in [7, 11) is 0. The molecule has 0 aliphatic carbocycles. The molecule has 2 aromatic rings. The van der Waals surface area contributed by atoms with E-state index in [9.17, 15) is 13.6 Å². The van der Waals surface area contributed by atoms with Crippen LogP contribution < -0.4 is 0 Å². The summed E-state index contributed by atoms with van der Waals surface area (Å²) >= 11 is 11.6. The highest BCUT2D eigenvalue weighted by Crippen LogP contribution is 2.26. The van der Waals surface area contributed by atoms with E-state index in [0.717, 1.165) is 0 Å². The summed E-state index contributed by atoms with van der Waals surface area (Å²) in [5, 5.41) is 0.234. The molecule has 0 aliphatic rings. The number of hydrogen-bond donors (Lipinski definition) is 0. The maximum absolute atomic E-state index is 14.0. The van der Waals surface area contributed by atoms with E-state index in [4.69, 9.17) is 23.2 Å². The molecule has 0 bridgehead atoms. The van der Waals surface area contributed by atoms with Crippen LogP contribution in [-0.4, -0.2) is 6.29 Å². The van der Waals surface area contributed by atoms with Gasteiger partial charge in [-0.1, -0.05) is 35.3 Å². The number of benzene rings is 2. The normalized spacial score (nSPS) is 10.5. The highest BCUT2D eigenvalue weighted by atomic mass is 35.5. The number of hydrogen-bond acceptors (Lipinski definition) is 1. The fourth-order valence-corrected chi connectivity index (χ4v) is 2.17. The van der Waals surface area contributed by atoms with Gasteiger partial charge in [0.15, 0.2) is 6.29 Å². The highest BCUT2D eigenvalue weighted by molar-refractivity contribution is 6.33. The van der Waals surface area contributed by atoms with Crippen molar-refractivity contribution in [1.82, 2.24) is 0 Å². The summed E-state index contributed by atoms with van der Waals surface area (Å²) in [5.41, 5.74) is 0.118. The van der Waals surface area contributed by atoms with Crippen LogP contribution in [0.25, 0.3) is 0 Å². The van der Waals surface area contributed by atoms with Crippen LogP contribution >= 0.6 is 23.2 Å². The quantitative estimate of drug-likeness (QED) is 0.753. The molecule has 98 valence electrons. The van der Waals surface area contributed by atoms with Crippen molar-refractivity contribution in [2.75, 3.05) is 0 Å². The van der Waals surface area contributed by atoms with E-state index in [-0.39, 0.29) is 33.2 Å². The van der Waals surface area contributed by atoms with Crippen LogP contribution in [0.15, 0.2) is 30.3 Å². The molecule has 0 unspecified atom stereocenters. The first-order valence-electron chi connectivity index (χ1n) is 5.39. The summed E-state index contributed by atoms with van der Waals surface area (Å²) in [5.74, 6) is -1.27. The van der Waals surface area contributed by atoms with E-state index in [0.29, 0.717) is 6.29 Å². The topological polar surface area (TPSA) is 17.1 Å². The largest absolute Gasteiger partial charge is 0.298 e. The molecule has 0 heterocycles. The predicted molar refractivity (Wildman–Crippen MR) is 71.0 cm³/mol. The van der Waals surface area contributed by atoms with Crippen molar-refractivity contribution in [3.63, 3.8) is 0 Å². The van der Waals surface area contributed by atoms with Gasteiger partial charge in [-0.05, 0) is 23.8 Å². The Morgan fingerprint density at radius 2 is 1.79 bits per heavy atom. The van der Waals surface area contributed by atoms with E-state index in [1.54, 1.807) is 0 Å². The van der Waals surface area contributed by atoms with E-state index in [2.05, 4.69) is 0 Å². The Morgan fingerprint density at radius 1 is 1.05 bits per heavy atom. The first-order valence-corrected chi connectivity index (χ1v) is 6.15. The lowest BCUT2D eigenvalue weighted by Crippen LogP contribution is -2.00. The van der Waals surface area contributed by atoms with Crippen molar-refractivity contribution >= 4 is 29.5 Å². The molecule has 5 heteroatoms.